The minimum absolute atomic E-state index is 0.127. The van der Waals surface area contributed by atoms with Crippen molar-refractivity contribution >= 4 is 29.4 Å². The number of carbonyl (C=O) groups is 3. The second-order valence-electron chi connectivity index (χ2n) is 7.30. The van der Waals surface area contributed by atoms with Crippen molar-refractivity contribution in [2.24, 2.45) is 0 Å². The number of anilines is 2. The predicted molar refractivity (Wildman–Crippen MR) is 111 cm³/mol. The molecule has 0 saturated carbocycles. The van der Waals surface area contributed by atoms with Crippen LogP contribution in [0.2, 0.25) is 0 Å². The lowest BCUT2D eigenvalue weighted by molar-refractivity contribution is -0.119. The molecule has 2 aliphatic rings. The Morgan fingerprint density at radius 2 is 1.94 bits per heavy atom. The number of nitrogens with zero attached hydrogens (tertiary/aromatic N) is 6. The number of hydrogen-bond acceptors (Lipinski definition) is 8. The van der Waals surface area contributed by atoms with Gasteiger partial charge in [-0.1, -0.05) is 0 Å². The van der Waals surface area contributed by atoms with E-state index in [4.69, 9.17) is 4.74 Å². The second kappa shape index (κ2) is 8.94. The maximum absolute atomic E-state index is 12.5. The summed E-state index contributed by atoms with van der Waals surface area (Å²) in [7, 11) is 0. The lowest BCUT2D eigenvalue weighted by atomic mass is 10.2. The van der Waals surface area contributed by atoms with E-state index in [1.54, 1.807) is 11.1 Å². The molecule has 11 nitrogen and oxygen atoms in total. The first-order valence-corrected chi connectivity index (χ1v) is 10.00. The topological polar surface area (TPSA) is 121 Å². The van der Waals surface area contributed by atoms with E-state index in [0.717, 1.165) is 5.82 Å². The van der Waals surface area contributed by atoms with Crippen LogP contribution < -0.4 is 15.1 Å². The maximum Gasteiger partial charge on any atom is 0.414 e. The van der Waals surface area contributed by atoms with Gasteiger partial charge >= 0.3 is 6.09 Å². The lowest BCUT2D eigenvalue weighted by Gasteiger charge is -2.35. The summed E-state index contributed by atoms with van der Waals surface area (Å²) in [5.74, 6) is 0.481. The highest BCUT2D eigenvalue weighted by molar-refractivity contribution is 5.92. The largest absolute Gasteiger partial charge is 0.442 e. The van der Waals surface area contributed by atoms with E-state index in [-0.39, 0.29) is 18.4 Å². The van der Waals surface area contributed by atoms with Crippen LogP contribution in [0.4, 0.5) is 16.3 Å². The summed E-state index contributed by atoms with van der Waals surface area (Å²) in [6.45, 7) is 4.45. The Labute approximate surface area is 179 Å². The molecule has 11 heteroatoms. The molecular formula is C20H23N7O4. The third-order valence-electron chi connectivity index (χ3n) is 5.17. The number of piperazine rings is 1. The monoisotopic (exact) mass is 425 g/mol. The van der Waals surface area contributed by atoms with Crippen LogP contribution in [0.5, 0.6) is 0 Å². The maximum atomic E-state index is 12.5. The van der Waals surface area contributed by atoms with Crippen molar-refractivity contribution in [2.75, 3.05) is 49.1 Å². The fourth-order valence-electron chi connectivity index (χ4n) is 3.53. The van der Waals surface area contributed by atoms with E-state index in [1.165, 1.54) is 30.4 Å². The minimum atomic E-state index is -0.457. The Hall–Kier alpha value is -3.76. The van der Waals surface area contributed by atoms with Crippen LogP contribution in [-0.2, 0) is 9.53 Å². The molecule has 162 valence electrons. The van der Waals surface area contributed by atoms with Gasteiger partial charge in [0.15, 0.2) is 0 Å². The number of nitrogens with one attached hydrogen (secondary N) is 1. The smallest absolute Gasteiger partial charge is 0.414 e. The number of pyridine rings is 1. The van der Waals surface area contributed by atoms with Gasteiger partial charge in [0.2, 0.25) is 5.91 Å². The van der Waals surface area contributed by atoms with Crippen LogP contribution in [0, 0.1) is 0 Å². The third kappa shape index (κ3) is 4.71. The Morgan fingerprint density at radius 1 is 1.13 bits per heavy atom. The highest BCUT2D eigenvalue weighted by Gasteiger charge is 2.32. The van der Waals surface area contributed by atoms with Gasteiger partial charge in [-0.15, -0.1) is 0 Å². The predicted octanol–water partition coefficient (Wildman–Crippen LogP) is 0.295. The van der Waals surface area contributed by atoms with Gasteiger partial charge in [-0.25, -0.2) is 14.8 Å². The van der Waals surface area contributed by atoms with E-state index < -0.39 is 12.2 Å². The first-order chi connectivity index (χ1) is 15.0. The van der Waals surface area contributed by atoms with Gasteiger partial charge in [0.25, 0.3) is 5.91 Å². The van der Waals surface area contributed by atoms with Gasteiger partial charge in [-0.2, -0.15) is 0 Å². The van der Waals surface area contributed by atoms with E-state index in [9.17, 15) is 14.4 Å². The van der Waals surface area contributed by atoms with Crippen molar-refractivity contribution in [2.45, 2.75) is 13.0 Å². The van der Waals surface area contributed by atoms with Crippen LogP contribution in [0.3, 0.4) is 0 Å². The minimum Gasteiger partial charge on any atom is -0.442 e. The molecule has 2 aromatic rings. The summed E-state index contributed by atoms with van der Waals surface area (Å²) in [6.07, 6.45) is 5.30. The number of carbonyl (C=O) groups excluding carboxylic acids is 3. The molecular weight excluding hydrogens is 402 g/mol. The van der Waals surface area contributed by atoms with E-state index >= 15 is 0 Å². The number of ether oxygens (including phenoxy) is 1. The van der Waals surface area contributed by atoms with Gasteiger partial charge in [0, 0.05) is 45.5 Å². The van der Waals surface area contributed by atoms with Crippen molar-refractivity contribution in [3.63, 3.8) is 0 Å². The molecule has 2 fully saturated rings. The lowest BCUT2D eigenvalue weighted by Crippen LogP contribution is -2.49. The van der Waals surface area contributed by atoms with Crippen molar-refractivity contribution in [1.82, 2.24) is 25.2 Å². The molecule has 0 aromatic carbocycles. The number of hydrogen-bond donors (Lipinski definition) is 1. The summed E-state index contributed by atoms with van der Waals surface area (Å²) in [5, 5.41) is 2.65. The molecule has 2 aromatic heterocycles. The van der Waals surface area contributed by atoms with Crippen molar-refractivity contribution in [3.05, 3.63) is 42.6 Å². The molecule has 0 spiro atoms. The van der Waals surface area contributed by atoms with Gasteiger partial charge in [-0.05, 0) is 12.1 Å². The number of aromatic nitrogens is 3. The van der Waals surface area contributed by atoms with E-state index in [0.29, 0.717) is 44.1 Å². The summed E-state index contributed by atoms with van der Waals surface area (Å²) < 4.78 is 5.28. The first-order valence-electron chi connectivity index (χ1n) is 10.00. The molecule has 1 N–H and O–H groups in total. The normalized spacial score (nSPS) is 18.7. The molecule has 1 atom stereocenters. The molecule has 2 saturated heterocycles. The Morgan fingerprint density at radius 3 is 2.58 bits per heavy atom. The average molecular weight is 425 g/mol. The number of rotatable bonds is 5. The van der Waals surface area contributed by atoms with Crippen LogP contribution in [0.1, 0.15) is 17.4 Å². The Balaban J connectivity index is 1.32. The zero-order valence-corrected chi connectivity index (χ0v) is 17.1. The molecule has 0 bridgehead atoms. The van der Waals surface area contributed by atoms with E-state index in [1.807, 2.05) is 12.1 Å². The van der Waals surface area contributed by atoms with E-state index in [2.05, 4.69) is 25.2 Å². The first kappa shape index (κ1) is 20.5. The van der Waals surface area contributed by atoms with Crippen LogP contribution in [-0.4, -0.2) is 83.1 Å². The van der Waals surface area contributed by atoms with Gasteiger partial charge in [0.05, 0.1) is 31.2 Å². The van der Waals surface area contributed by atoms with Gasteiger partial charge in [0.1, 0.15) is 17.6 Å². The molecule has 31 heavy (non-hydrogen) atoms. The molecule has 3 amide bonds. The van der Waals surface area contributed by atoms with Gasteiger partial charge in [-0.3, -0.25) is 19.5 Å². The summed E-state index contributed by atoms with van der Waals surface area (Å²) in [6, 6.07) is 3.67. The summed E-state index contributed by atoms with van der Waals surface area (Å²) in [4.78, 5) is 53.5. The SMILES string of the molecule is CC(=O)NC[C@H]1CN(c2ccc(N3CCN(C(=O)c4cnccn4)CC3)nc2)C(=O)O1. The van der Waals surface area contributed by atoms with Gasteiger partial charge < -0.3 is 19.9 Å². The Kier molecular flexibility index (Phi) is 5.92. The van der Waals surface area contributed by atoms with Crippen molar-refractivity contribution in [3.8, 4) is 0 Å². The van der Waals surface area contributed by atoms with Crippen molar-refractivity contribution < 1.29 is 19.1 Å². The number of amides is 3. The standard InChI is InChI=1S/C20H23N7O4/c1-14(28)23-11-16-13-27(20(30)31-16)15-2-3-18(24-10-15)25-6-8-26(9-7-25)19(29)17-12-21-4-5-22-17/h2-5,10,12,16H,6-9,11,13H2,1H3,(H,23,28)/t16-/m0/s1. The fraction of sp³-hybridized carbons (Fsp3) is 0.400. The fourth-order valence-corrected chi connectivity index (χ4v) is 3.53. The zero-order chi connectivity index (χ0) is 21.8. The summed E-state index contributed by atoms with van der Waals surface area (Å²) in [5.41, 5.74) is 0.975. The zero-order valence-electron chi connectivity index (χ0n) is 17.1. The van der Waals surface area contributed by atoms with Crippen molar-refractivity contribution in [1.29, 1.82) is 0 Å². The van der Waals surface area contributed by atoms with Crippen LogP contribution in [0.25, 0.3) is 0 Å². The quantitative estimate of drug-likeness (QED) is 0.726. The molecule has 2 aliphatic heterocycles. The number of cyclic esters (lactones) is 1. The molecule has 0 unspecified atom stereocenters. The highest BCUT2D eigenvalue weighted by atomic mass is 16.6. The third-order valence-corrected chi connectivity index (χ3v) is 5.17. The highest BCUT2D eigenvalue weighted by Crippen LogP contribution is 2.23. The van der Waals surface area contributed by atoms with Crippen LogP contribution >= 0.6 is 0 Å². The molecule has 0 radical (unpaired) electrons. The average Bonchev–Trinajstić information content (AvgIpc) is 3.18. The Bertz CT molecular complexity index is 946. The summed E-state index contributed by atoms with van der Waals surface area (Å²) >= 11 is 0. The molecule has 4 rings (SSSR count). The molecule has 0 aliphatic carbocycles. The second-order valence-corrected chi connectivity index (χ2v) is 7.30. The molecule has 4 heterocycles. The van der Waals surface area contributed by atoms with Crippen LogP contribution in [0.15, 0.2) is 36.9 Å².